The predicted molar refractivity (Wildman–Crippen MR) is 86.0 cm³/mol. The molecule has 2 rings (SSSR count). The minimum absolute atomic E-state index is 0.0819. The molecule has 128 valence electrons. The number of benzene rings is 1. The third-order valence-corrected chi connectivity index (χ3v) is 3.65. The SMILES string of the molecule is CC(C)Oc1ccc(CNC(=O)N(C)C[C@@H]2CCCO2)cc1F. The molecule has 0 aromatic heterocycles. The second-order valence-corrected chi connectivity index (χ2v) is 6.11. The smallest absolute Gasteiger partial charge is 0.317 e. The Bertz CT molecular complexity index is 531. The van der Waals surface area contributed by atoms with Crippen molar-refractivity contribution in [3.05, 3.63) is 29.6 Å². The molecule has 0 unspecified atom stereocenters. The monoisotopic (exact) mass is 324 g/mol. The Morgan fingerprint density at radius 2 is 2.30 bits per heavy atom. The van der Waals surface area contributed by atoms with Gasteiger partial charge >= 0.3 is 6.03 Å². The van der Waals surface area contributed by atoms with Crippen LogP contribution in [0.2, 0.25) is 0 Å². The summed E-state index contributed by atoms with van der Waals surface area (Å²) in [5, 5.41) is 2.78. The molecule has 0 bridgehead atoms. The number of ether oxygens (including phenoxy) is 2. The third kappa shape index (κ3) is 5.39. The summed E-state index contributed by atoms with van der Waals surface area (Å²) >= 11 is 0. The van der Waals surface area contributed by atoms with Crippen molar-refractivity contribution >= 4 is 6.03 Å². The van der Waals surface area contributed by atoms with Crippen molar-refractivity contribution in [3.63, 3.8) is 0 Å². The van der Waals surface area contributed by atoms with E-state index in [9.17, 15) is 9.18 Å². The fourth-order valence-corrected chi connectivity index (χ4v) is 2.49. The average molecular weight is 324 g/mol. The Hall–Kier alpha value is -1.82. The lowest BCUT2D eigenvalue weighted by atomic mass is 10.2. The molecule has 0 aliphatic carbocycles. The van der Waals surface area contributed by atoms with Crippen molar-refractivity contribution < 1.29 is 18.7 Å². The first-order valence-corrected chi connectivity index (χ1v) is 8.01. The molecule has 1 aliphatic rings. The number of likely N-dealkylation sites (N-methyl/N-ethyl adjacent to an activating group) is 1. The van der Waals surface area contributed by atoms with Crippen molar-refractivity contribution in [3.8, 4) is 5.75 Å². The number of carbonyl (C=O) groups is 1. The minimum atomic E-state index is -0.418. The molecule has 1 aromatic rings. The molecule has 23 heavy (non-hydrogen) atoms. The Kier molecular flexibility index (Phi) is 6.21. The van der Waals surface area contributed by atoms with Crippen LogP contribution in [-0.4, -0.2) is 43.3 Å². The van der Waals surface area contributed by atoms with Crippen LogP contribution in [-0.2, 0) is 11.3 Å². The first-order valence-electron chi connectivity index (χ1n) is 8.01. The standard InChI is InChI=1S/C17H25FN2O3/c1-12(2)23-16-7-6-13(9-15(16)18)10-19-17(21)20(3)11-14-5-4-8-22-14/h6-7,9,12,14H,4-5,8,10-11H2,1-3H3,(H,19,21)/t14-/m0/s1. The topological polar surface area (TPSA) is 50.8 Å². The summed E-state index contributed by atoms with van der Waals surface area (Å²) in [6.07, 6.45) is 2.07. The molecule has 0 radical (unpaired) electrons. The van der Waals surface area contributed by atoms with Crippen LogP contribution in [0.15, 0.2) is 18.2 Å². The van der Waals surface area contributed by atoms with Crippen LogP contribution in [0.25, 0.3) is 0 Å². The van der Waals surface area contributed by atoms with Gasteiger partial charge in [0.05, 0.1) is 12.2 Å². The van der Waals surface area contributed by atoms with E-state index in [0.29, 0.717) is 12.1 Å². The molecule has 6 heteroatoms. The van der Waals surface area contributed by atoms with Gasteiger partial charge in [-0.2, -0.15) is 0 Å². The normalized spacial score (nSPS) is 17.3. The molecular formula is C17H25FN2O3. The summed E-state index contributed by atoms with van der Waals surface area (Å²) in [6.45, 7) is 5.30. The first-order chi connectivity index (χ1) is 11.0. The fraction of sp³-hybridized carbons (Fsp3) is 0.588. The van der Waals surface area contributed by atoms with Crippen LogP contribution < -0.4 is 10.1 Å². The largest absolute Gasteiger partial charge is 0.488 e. The van der Waals surface area contributed by atoms with E-state index >= 15 is 0 Å². The summed E-state index contributed by atoms with van der Waals surface area (Å²) in [5.41, 5.74) is 0.692. The molecule has 1 fully saturated rings. The van der Waals surface area contributed by atoms with Crippen LogP contribution >= 0.6 is 0 Å². The zero-order valence-corrected chi connectivity index (χ0v) is 14.0. The number of nitrogens with one attached hydrogen (secondary N) is 1. The summed E-state index contributed by atoms with van der Waals surface area (Å²) in [6, 6.07) is 4.54. The molecule has 1 saturated heterocycles. The number of nitrogens with zero attached hydrogens (tertiary/aromatic N) is 1. The number of hydrogen-bond donors (Lipinski definition) is 1. The van der Waals surface area contributed by atoms with E-state index in [1.165, 1.54) is 6.07 Å². The maximum atomic E-state index is 13.9. The molecular weight excluding hydrogens is 299 g/mol. The molecule has 5 nitrogen and oxygen atoms in total. The van der Waals surface area contributed by atoms with Gasteiger partial charge in [-0.3, -0.25) is 0 Å². The van der Waals surface area contributed by atoms with E-state index in [-0.39, 0.29) is 30.5 Å². The average Bonchev–Trinajstić information content (AvgIpc) is 2.99. The highest BCUT2D eigenvalue weighted by molar-refractivity contribution is 5.73. The van der Waals surface area contributed by atoms with Gasteiger partial charge in [-0.1, -0.05) is 6.07 Å². The maximum absolute atomic E-state index is 13.9. The summed E-state index contributed by atoms with van der Waals surface area (Å²) < 4.78 is 24.8. The lowest BCUT2D eigenvalue weighted by molar-refractivity contribution is 0.0874. The van der Waals surface area contributed by atoms with Gasteiger partial charge in [-0.25, -0.2) is 9.18 Å². The van der Waals surface area contributed by atoms with Crippen molar-refractivity contribution in [2.45, 2.75) is 45.4 Å². The van der Waals surface area contributed by atoms with E-state index in [1.54, 1.807) is 24.1 Å². The molecule has 0 saturated carbocycles. The quantitative estimate of drug-likeness (QED) is 0.875. The van der Waals surface area contributed by atoms with Gasteiger partial charge in [0.25, 0.3) is 0 Å². The van der Waals surface area contributed by atoms with E-state index in [0.717, 1.165) is 19.4 Å². The minimum Gasteiger partial charge on any atom is -0.488 e. The third-order valence-electron chi connectivity index (χ3n) is 3.65. The summed E-state index contributed by atoms with van der Waals surface area (Å²) in [7, 11) is 1.73. The molecule has 1 aromatic carbocycles. The van der Waals surface area contributed by atoms with Crippen LogP contribution in [0.3, 0.4) is 0 Å². The van der Waals surface area contributed by atoms with E-state index in [1.807, 2.05) is 13.8 Å². The van der Waals surface area contributed by atoms with Crippen LogP contribution in [0.4, 0.5) is 9.18 Å². The lowest BCUT2D eigenvalue weighted by Gasteiger charge is -2.21. The second-order valence-electron chi connectivity index (χ2n) is 6.11. The van der Waals surface area contributed by atoms with Crippen molar-refractivity contribution in [1.82, 2.24) is 10.2 Å². The Balaban J connectivity index is 1.82. The fourth-order valence-electron chi connectivity index (χ4n) is 2.49. The lowest BCUT2D eigenvalue weighted by Crippen LogP contribution is -2.40. The van der Waals surface area contributed by atoms with Gasteiger partial charge in [0.2, 0.25) is 0 Å². The van der Waals surface area contributed by atoms with Gasteiger partial charge in [-0.05, 0) is 44.4 Å². The highest BCUT2D eigenvalue weighted by Gasteiger charge is 2.19. The van der Waals surface area contributed by atoms with Crippen LogP contribution in [0, 0.1) is 5.82 Å². The van der Waals surface area contributed by atoms with Gasteiger partial charge in [0.1, 0.15) is 0 Å². The molecule has 2 amide bonds. The van der Waals surface area contributed by atoms with Crippen LogP contribution in [0.5, 0.6) is 5.75 Å². The van der Waals surface area contributed by atoms with Crippen molar-refractivity contribution in [1.29, 1.82) is 0 Å². The highest BCUT2D eigenvalue weighted by Crippen LogP contribution is 2.19. The number of carbonyl (C=O) groups excluding carboxylic acids is 1. The van der Waals surface area contributed by atoms with Crippen LogP contribution in [0.1, 0.15) is 32.3 Å². The number of urea groups is 1. The zero-order chi connectivity index (χ0) is 16.8. The number of halogens is 1. The van der Waals surface area contributed by atoms with Gasteiger partial charge in [0.15, 0.2) is 11.6 Å². The molecule has 1 N–H and O–H groups in total. The van der Waals surface area contributed by atoms with E-state index in [4.69, 9.17) is 9.47 Å². The molecule has 1 heterocycles. The highest BCUT2D eigenvalue weighted by atomic mass is 19.1. The van der Waals surface area contributed by atoms with Gasteiger partial charge < -0.3 is 19.7 Å². The number of rotatable bonds is 6. The Morgan fingerprint density at radius 3 is 2.91 bits per heavy atom. The predicted octanol–water partition coefficient (Wildman–Crippen LogP) is 2.93. The maximum Gasteiger partial charge on any atom is 0.317 e. The van der Waals surface area contributed by atoms with Gasteiger partial charge in [-0.15, -0.1) is 0 Å². The van der Waals surface area contributed by atoms with E-state index < -0.39 is 5.82 Å². The summed E-state index contributed by atoms with van der Waals surface area (Å²) in [5.74, 6) is -0.191. The number of hydrogen-bond acceptors (Lipinski definition) is 3. The van der Waals surface area contributed by atoms with Gasteiger partial charge in [0, 0.05) is 26.7 Å². The first kappa shape index (κ1) is 17.5. The van der Waals surface area contributed by atoms with Crippen molar-refractivity contribution in [2.24, 2.45) is 0 Å². The number of amides is 2. The molecule has 0 spiro atoms. The van der Waals surface area contributed by atoms with Crippen molar-refractivity contribution in [2.75, 3.05) is 20.2 Å². The Morgan fingerprint density at radius 1 is 1.52 bits per heavy atom. The van der Waals surface area contributed by atoms with E-state index in [2.05, 4.69) is 5.32 Å². The molecule has 1 atom stereocenters. The molecule has 1 aliphatic heterocycles. The second kappa shape index (κ2) is 8.15. The Labute approximate surface area is 136 Å². The summed E-state index contributed by atoms with van der Waals surface area (Å²) in [4.78, 5) is 13.6. The zero-order valence-electron chi connectivity index (χ0n) is 14.0.